The fourth-order valence-electron chi connectivity index (χ4n) is 4.38. The van der Waals surface area contributed by atoms with Crippen molar-refractivity contribution in [1.29, 1.82) is 0 Å². The van der Waals surface area contributed by atoms with Crippen LogP contribution >= 0.6 is 12.4 Å². The molecule has 1 N–H and O–H groups in total. The molecule has 156 valence electrons. The van der Waals surface area contributed by atoms with E-state index in [1.165, 1.54) is 12.1 Å². The lowest BCUT2D eigenvalue weighted by Gasteiger charge is -2.31. The summed E-state index contributed by atoms with van der Waals surface area (Å²) in [4.78, 5) is 41.4. The normalized spacial score (nSPS) is 17.0. The molecule has 1 fully saturated rings. The van der Waals surface area contributed by atoms with Gasteiger partial charge in [-0.2, -0.15) is 0 Å². The summed E-state index contributed by atoms with van der Waals surface area (Å²) in [5.74, 6) is -0.300. The number of Topliss-reactive ketones (excluding diaryl/α,β-unsaturated/α-hetero) is 1. The van der Waals surface area contributed by atoms with E-state index in [0.29, 0.717) is 12.1 Å². The predicted octanol–water partition coefficient (Wildman–Crippen LogP) is 2.18. The van der Waals surface area contributed by atoms with Gasteiger partial charge in [-0.05, 0) is 69.5 Å². The Morgan fingerprint density at radius 3 is 2.45 bits per heavy atom. The van der Waals surface area contributed by atoms with Gasteiger partial charge in [0.1, 0.15) is 5.82 Å². The molecule has 2 aliphatic rings. The minimum Gasteiger partial charge on any atom is -0.302 e. The molecule has 8 heteroatoms. The van der Waals surface area contributed by atoms with Crippen LogP contribution in [0.25, 0.3) is 0 Å². The second kappa shape index (κ2) is 9.05. The van der Waals surface area contributed by atoms with E-state index in [2.05, 4.69) is 9.88 Å². The summed E-state index contributed by atoms with van der Waals surface area (Å²) in [6, 6.07) is 5.74. The van der Waals surface area contributed by atoms with E-state index in [4.69, 9.17) is 0 Å². The molecule has 29 heavy (non-hydrogen) atoms. The third-order valence-corrected chi connectivity index (χ3v) is 5.98. The molecule has 2 aromatic rings. The number of fused-ring (bicyclic) bond motifs is 1. The predicted molar refractivity (Wildman–Crippen MR) is 110 cm³/mol. The molecule has 0 spiro atoms. The van der Waals surface area contributed by atoms with E-state index in [1.807, 2.05) is 0 Å². The van der Waals surface area contributed by atoms with Crippen LogP contribution in [0.2, 0.25) is 0 Å². The fraction of sp³-hybridized carbons (Fsp3) is 0.476. The highest BCUT2D eigenvalue weighted by Crippen LogP contribution is 2.22. The van der Waals surface area contributed by atoms with Gasteiger partial charge in [0.25, 0.3) is 5.56 Å². The van der Waals surface area contributed by atoms with Gasteiger partial charge >= 0.3 is 5.69 Å². The van der Waals surface area contributed by atoms with Gasteiger partial charge in [0.15, 0.2) is 5.78 Å². The molecular weight excluding hydrogens is 397 g/mol. The summed E-state index contributed by atoms with van der Waals surface area (Å²) in [7, 11) is 0. The van der Waals surface area contributed by atoms with Crippen LogP contribution in [-0.4, -0.2) is 39.9 Å². The van der Waals surface area contributed by atoms with Crippen LogP contribution in [0.4, 0.5) is 4.39 Å². The first-order valence-corrected chi connectivity index (χ1v) is 9.90. The Labute approximate surface area is 174 Å². The minimum atomic E-state index is -0.338. The van der Waals surface area contributed by atoms with Crippen molar-refractivity contribution in [2.75, 3.05) is 19.6 Å². The number of benzene rings is 1. The number of aromatic amines is 1. The van der Waals surface area contributed by atoms with Crippen molar-refractivity contribution in [3.63, 3.8) is 0 Å². The van der Waals surface area contributed by atoms with E-state index in [-0.39, 0.29) is 41.2 Å². The zero-order valence-corrected chi connectivity index (χ0v) is 17.0. The van der Waals surface area contributed by atoms with Gasteiger partial charge in [-0.1, -0.05) is 0 Å². The third kappa shape index (κ3) is 4.51. The summed E-state index contributed by atoms with van der Waals surface area (Å²) in [6.07, 6.45) is 3.95. The van der Waals surface area contributed by atoms with Gasteiger partial charge in [0.2, 0.25) is 0 Å². The number of carbonyl (C=O) groups is 1. The highest BCUT2D eigenvalue weighted by molar-refractivity contribution is 5.97. The second-order valence-corrected chi connectivity index (χ2v) is 7.68. The zero-order chi connectivity index (χ0) is 19.7. The molecule has 6 nitrogen and oxygen atoms in total. The average molecular weight is 422 g/mol. The molecular formula is C21H25ClFN3O3. The lowest BCUT2D eigenvalue weighted by Crippen LogP contribution is -2.41. The van der Waals surface area contributed by atoms with Gasteiger partial charge < -0.3 is 4.90 Å². The number of aromatic nitrogens is 2. The van der Waals surface area contributed by atoms with E-state index >= 15 is 0 Å². The van der Waals surface area contributed by atoms with Crippen molar-refractivity contribution >= 4 is 18.2 Å². The molecule has 0 atom stereocenters. The topological polar surface area (TPSA) is 75.2 Å². The summed E-state index contributed by atoms with van der Waals surface area (Å²) in [5, 5.41) is 0. The molecule has 1 aromatic carbocycles. The summed E-state index contributed by atoms with van der Waals surface area (Å²) >= 11 is 0. The van der Waals surface area contributed by atoms with E-state index in [1.54, 1.807) is 16.7 Å². The summed E-state index contributed by atoms with van der Waals surface area (Å²) in [6.45, 7) is 2.85. The number of carbonyl (C=O) groups excluding carboxylic acids is 1. The van der Waals surface area contributed by atoms with Crippen LogP contribution < -0.4 is 11.2 Å². The van der Waals surface area contributed by atoms with Crippen LogP contribution in [0, 0.1) is 11.7 Å². The number of likely N-dealkylation sites (tertiary alicyclic amines) is 1. The Kier molecular flexibility index (Phi) is 6.70. The monoisotopic (exact) mass is 421 g/mol. The van der Waals surface area contributed by atoms with Gasteiger partial charge in [0.05, 0.1) is 0 Å². The number of nitrogens with one attached hydrogen (secondary N) is 1. The highest BCUT2D eigenvalue weighted by atomic mass is 35.5. The van der Waals surface area contributed by atoms with Crippen molar-refractivity contribution < 1.29 is 9.18 Å². The average Bonchev–Trinajstić information content (AvgIpc) is 3.19. The molecule has 1 aliphatic heterocycles. The molecule has 0 bridgehead atoms. The Balaban J connectivity index is 0.00000240. The van der Waals surface area contributed by atoms with E-state index in [0.717, 1.165) is 63.0 Å². The first kappa shape index (κ1) is 21.5. The summed E-state index contributed by atoms with van der Waals surface area (Å²) < 4.78 is 14.7. The number of nitrogens with zero attached hydrogens (tertiary/aromatic N) is 2. The van der Waals surface area contributed by atoms with Crippen LogP contribution in [0.15, 0.2) is 33.9 Å². The number of piperidine rings is 1. The molecule has 1 aromatic heterocycles. The molecule has 2 heterocycles. The molecule has 1 aliphatic carbocycles. The van der Waals surface area contributed by atoms with Crippen molar-refractivity contribution in [2.24, 2.45) is 5.92 Å². The lowest BCUT2D eigenvalue weighted by atomic mass is 9.89. The minimum absolute atomic E-state index is 0. The van der Waals surface area contributed by atoms with Gasteiger partial charge in [-0.25, -0.2) is 9.18 Å². The van der Waals surface area contributed by atoms with Crippen molar-refractivity contribution in [2.45, 2.75) is 38.6 Å². The Bertz CT molecular complexity index is 992. The van der Waals surface area contributed by atoms with Crippen molar-refractivity contribution in [3.8, 4) is 0 Å². The summed E-state index contributed by atoms with van der Waals surface area (Å²) in [5.41, 5.74) is 1.63. The van der Waals surface area contributed by atoms with E-state index in [9.17, 15) is 18.8 Å². The van der Waals surface area contributed by atoms with Crippen LogP contribution in [0.3, 0.4) is 0 Å². The Hall–Kier alpha value is -2.25. The molecule has 1 saturated heterocycles. The lowest BCUT2D eigenvalue weighted by molar-refractivity contribution is 0.0837. The first-order chi connectivity index (χ1) is 13.5. The number of hydrogen-bond donors (Lipinski definition) is 1. The van der Waals surface area contributed by atoms with Gasteiger partial charge in [-0.3, -0.25) is 19.1 Å². The van der Waals surface area contributed by atoms with Gasteiger partial charge in [-0.15, -0.1) is 12.4 Å². The zero-order valence-electron chi connectivity index (χ0n) is 16.2. The Morgan fingerprint density at radius 1 is 1.07 bits per heavy atom. The second-order valence-electron chi connectivity index (χ2n) is 7.68. The van der Waals surface area contributed by atoms with Crippen LogP contribution in [0.1, 0.15) is 40.9 Å². The van der Waals surface area contributed by atoms with Crippen LogP contribution in [-0.2, 0) is 19.4 Å². The van der Waals surface area contributed by atoms with Crippen molar-refractivity contribution in [1.82, 2.24) is 14.5 Å². The van der Waals surface area contributed by atoms with Gasteiger partial charge in [0, 0.05) is 35.8 Å². The quantitative estimate of drug-likeness (QED) is 0.751. The van der Waals surface area contributed by atoms with Crippen LogP contribution in [0.5, 0.6) is 0 Å². The Morgan fingerprint density at radius 2 is 1.76 bits per heavy atom. The molecule has 0 unspecified atom stereocenters. The molecule has 4 rings (SSSR count). The molecule has 0 saturated carbocycles. The molecule has 0 radical (unpaired) electrons. The van der Waals surface area contributed by atoms with E-state index < -0.39 is 0 Å². The number of H-pyrrole nitrogens is 1. The third-order valence-electron chi connectivity index (χ3n) is 5.98. The van der Waals surface area contributed by atoms with Crippen molar-refractivity contribution in [3.05, 3.63) is 67.7 Å². The smallest absolute Gasteiger partial charge is 0.302 e. The number of rotatable bonds is 5. The first-order valence-electron chi connectivity index (χ1n) is 9.90. The fourth-order valence-corrected chi connectivity index (χ4v) is 4.38. The maximum Gasteiger partial charge on any atom is 0.328 e. The number of hydrogen-bond acceptors (Lipinski definition) is 4. The molecule has 0 amide bonds. The number of halogens is 2. The maximum atomic E-state index is 13.0. The SMILES string of the molecule is Cl.O=C(c1ccc(F)cc1)C1CCN(CCn2c3c(c(=O)[nH]c2=O)CCC3)CC1. The number of ketones is 1. The standard InChI is InChI=1S/C21H24FN3O3.ClH/c22-16-6-4-14(5-7-16)19(26)15-8-10-24(11-9-15)12-13-25-18-3-1-2-17(18)20(27)23-21(25)28;/h4-7,15H,1-3,8-13H2,(H,23,27,28);1H. The maximum absolute atomic E-state index is 13.0. The largest absolute Gasteiger partial charge is 0.328 e. The highest BCUT2D eigenvalue weighted by Gasteiger charge is 2.26.